The first-order valence-electron chi connectivity index (χ1n) is 9.68. The van der Waals surface area contributed by atoms with Crippen molar-refractivity contribution in [3.63, 3.8) is 0 Å². The van der Waals surface area contributed by atoms with Crippen LogP contribution in [0.15, 0.2) is 0 Å². The van der Waals surface area contributed by atoms with Gasteiger partial charge in [0.2, 0.25) is 0 Å². The normalized spacial score (nSPS) is 9.65. The second kappa shape index (κ2) is 18.8. The number of ketones is 1. The molecule has 0 aromatic rings. The lowest BCUT2D eigenvalue weighted by Gasteiger charge is -2.02. The number of carbonyl (C=O) groups excluding carboxylic acids is 1. The zero-order valence-electron chi connectivity index (χ0n) is 15.5. The standard InChI is InChI=1S/C22H36O/c1-3-5-7-9-11-13-15-17-19-21-22(23)20-18-16-14-12-10-8-6-4-2/h3,8-21H2,1-2H3. The minimum Gasteiger partial charge on any atom is -0.300 e. The van der Waals surface area contributed by atoms with Gasteiger partial charge in [-0.15, -0.1) is 23.7 Å². The quantitative estimate of drug-likeness (QED) is 0.266. The van der Waals surface area contributed by atoms with Crippen molar-refractivity contribution in [1.29, 1.82) is 0 Å². The molecule has 130 valence electrons. The van der Waals surface area contributed by atoms with Crippen LogP contribution < -0.4 is 0 Å². The van der Waals surface area contributed by atoms with Crippen molar-refractivity contribution in [2.45, 2.75) is 110 Å². The van der Waals surface area contributed by atoms with E-state index in [1.165, 1.54) is 51.4 Å². The number of unbranched alkanes of at least 4 members (excludes halogenated alkanes) is 10. The molecule has 0 aliphatic rings. The highest BCUT2D eigenvalue weighted by Crippen LogP contribution is 2.11. The maximum atomic E-state index is 11.8. The van der Waals surface area contributed by atoms with Crippen LogP contribution in [0.4, 0.5) is 0 Å². The summed E-state index contributed by atoms with van der Waals surface area (Å²) in [5, 5.41) is 0. The van der Waals surface area contributed by atoms with Crippen molar-refractivity contribution < 1.29 is 4.79 Å². The van der Waals surface area contributed by atoms with Gasteiger partial charge in [0, 0.05) is 32.1 Å². The zero-order chi connectivity index (χ0) is 17.0. The summed E-state index contributed by atoms with van der Waals surface area (Å²) in [6.07, 6.45) is 16.6. The molecular formula is C22H36O. The highest BCUT2D eigenvalue weighted by Gasteiger charge is 2.01. The molecule has 0 spiro atoms. The molecule has 0 N–H and O–H groups in total. The van der Waals surface area contributed by atoms with Crippen LogP contribution in [-0.2, 0) is 4.79 Å². The van der Waals surface area contributed by atoms with Crippen LogP contribution >= 0.6 is 0 Å². The minimum absolute atomic E-state index is 0.468. The fourth-order valence-corrected chi connectivity index (χ4v) is 2.60. The van der Waals surface area contributed by atoms with Gasteiger partial charge >= 0.3 is 0 Å². The predicted octanol–water partition coefficient (Wildman–Crippen LogP) is 6.45. The molecule has 0 amide bonds. The van der Waals surface area contributed by atoms with Gasteiger partial charge in [-0.2, -0.15) is 0 Å². The van der Waals surface area contributed by atoms with E-state index in [0.29, 0.717) is 5.78 Å². The second-order valence-electron chi connectivity index (χ2n) is 6.21. The van der Waals surface area contributed by atoms with Crippen molar-refractivity contribution in [3.8, 4) is 23.7 Å². The first kappa shape index (κ1) is 21.8. The summed E-state index contributed by atoms with van der Waals surface area (Å²) >= 11 is 0. The SMILES string of the molecule is CC#CCCCCCCCC(=O)CCCCCCCC#CCC. The van der Waals surface area contributed by atoms with E-state index in [4.69, 9.17) is 0 Å². The zero-order valence-corrected chi connectivity index (χ0v) is 15.5. The van der Waals surface area contributed by atoms with Crippen LogP contribution in [0.1, 0.15) is 110 Å². The first-order valence-corrected chi connectivity index (χ1v) is 9.68. The minimum atomic E-state index is 0.468. The number of carbonyl (C=O) groups is 1. The number of rotatable bonds is 14. The van der Waals surface area contributed by atoms with Crippen LogP contribution in [0.2, 0.25) is 0 Å². The molecule has 0 heterocycles. The van der Waals surface area contributed by atoms with Gasteiger partial charge in [0.25, 0.3) is 0 Å². The van der Waals surface area contributed by atoms with Gasteiger partial charge in [-0.1, -0.05) is 45.4 Å². The summed E-state index contributed by atoms with van der Waals surface area (Å²) in [7, 11) is 0. The molecule has 0 rings (SSSR count). The summed E-state index contributed by atoms with van der Waals surface area (Å²) in [5.74, 6) is 12.8. The Balaban J connectivity index is 3.23. The van der Waals surface area contributed by atoms with E-state index in [2.05, 4.69) is 30.6 Å². The Morgan fingerprint density at radius 2 is 1.13 bits per heavy atom. The van der Waals surface area contributed by atoms with Crippen molar-refractivity contribution in [1.82, 2.24) is 0 Å². The van der Waals surface area contributed by atoms with Crippen molar-refractivity contribution >= 4 is 5.78 Å². The van der Waals surface area contributed by atoms with E-state index in [1.807, 2.05) is 6.92 Å². The van der Waals surface area contributed by atoms with Crippen LogP contribution in [0.25, 0.3) is 0 Å². The highest BCUT2D eigenvalue weighted by molar-refractivity contribution is 5.78. The molecule has 0 atom stereocenters. The maximum Gasteiger partial charge on any atom is 0.132 e. The van der Waals surface area contributed by atoms with Gasteiger partial charge in [0.05, 0.1) is 0 Å². The maximum absolute atomic E-state index is 11.8. The van der Waals surface area contributed by atoms with Gasteiger partial charge in [0.1, 0.15) is 5.78 Å². The number of Topliss-reactive ketones (excluding diaryl/α,β-unsaturated/α-hetero) is 1. The Kier molecular flexibility index (Phi) is 17.8. The molecule has 0 bridgehead atoms. The second-order valence-corrected chi connectivity index (χ2v) is 6.21. The van der Waals surface area contributed by atoms with Crippen molar-refractivity contribution in [2.75, 3.05) is 0 Å². The van der Waals surface area contributed by atoms with E-state index in [-0.39, 0.29) is 0 Å². The summed E-state index contributed by atoms with van der Waals surface area (Å²) in [6.45, 7) is 3.99. The third-order valence-electron chi connectivity index (χ3n) is 3.99. The van der Waals surface area contributed by atoms with Gasteiger partial charge in [-0.05, 0) is 32.6 Å². The molecule has 0 aromatic carbocycles. The van der Waals surface area contributed by atoms with Crippen LogP contribution in [0.3, 0.4) is 0 Å². The fraction of sp³-hybridized carbons (Fsp3) is 0.773. The molecular weight excluding hydrogens is 280 g/mol. The van der Waals surface area contributed by atoms with Gasteiger partial charge in [0.15, 0.2) is 0 Å². The Labute approximate surface area is 145 Å². The molecule has 1 nitrogen and oxygen atoms in total. The molecule has 0 radical (unpaired) electrons. The van der Waals surface area contributed by atoms with Crippen LogP contribution in [0.5, 0.6) is 0 Å². The highest BCUT2D eigenvalue weighted by atomic mass is 16.1. The van der Waals surface area contributed by atoms with Gasteiger partial charge in [-0.25, -0.2) is 0 Å². The smallest absolute Gasteiger partial charge is 0.132 e. The van der Waals surface area contributed by atoms with Crippen LogP contribution in [0, 0.1) is 23.7 Å². The Bertz CT molecular complexity index is 386. The topological polar surface area (TPSA) is 17.1 Å². The molecule has 0 fully saturated rings. The number of hydrogen-bond donors (Lipinski definition) is 0. The first-order chi connectivity index (χ1) is 11.3. The number of hydrogen-bond acceptors (Lipinski definition) is 1. The van der Waals surface area contributed by atoms with E-state index in [1.54, 1.807) is 0 Å². The Morgan fingerprint density at radius 1 is 0.652 bits per heavy atom. The van der Waals surface area contributed by atoms with E-state index in [9.17, 15) is 4.79 Å². The molecule has 0 aliphatic carbocycles. The van der Waals surface area contributed by atoms with Gasteiger partial charge < -0.3 is 0 Å². The summed E-state index contributed by atoms with van der Waals surface area (Å²) in [5.41, 5.74) is 0. The average Bonchev–Trinajstić information content (AvgIpc) is 2.56. The third-order valence-corrected chi connectivity index (χ3v) is 3.99. The lowest BCUT2D eigenvalue weighted by Crippen LogP contribution is -1.97. The lowest BCUT2D eigenvalue weighted by molar-refractivity contribution is -0.119. The molecule has 0 saturated carbocycles. The molecule has 0 saturated heterocycles. The summed E-state index contributed by atoms with van der Waals surface area (Å²) in [6, 6.07) is 0. The predicted molar refractivity (Wildman–Crippen MR) is 101 cm³/mol. The summed E-state index contributed by atoms with van der Waals surface area (Å²) < 4.78 is 0. The van der Waals surface area contributed by atoms with E-state index >= 15 is 0 Å². The molecule has 23 heavy (non-hydrogen) atoms. The van der Waals surface area contributed by atoms with Crippen LogP contribution in [-0.4, -0.2) is 5.78 Å². The van der Waals surface area contributed by atoms with Gasteiger partial charge in [-0.3, -0.25) is 4.79 Å². The Hall–Kier alpha value is -1.21. The Morgan fingerprint density at radius 3 is 1.65 bits per heavy atom. The monoisotopic (exact) mass is 316 g/mol. The van der Waals surface area contributed by atoms with E-state index in [0.717, 1.165) is 44.9 Å². The van der Waals surface area contributed by atoms with Crippen molar-refractivity contribution in [3.05, 3.63) is 0 Å². The molecule has 0 aliphatic heterocycles. The fourth-order valence-electron chi connectivity index (χ4n) is 2.60. The summed E-state index contributed by atoms with van der Waals surface area (Å²) in [4.78, 5) is 11.8. The van der Waals surface area contributed by atoms with Crippen molar-refractivity contribution in [2.24, 2.45) is 0 Å². The largest absolute Gasteiger partial charge is 0.300 e. The molecule has 1 heteroatoms. The lowest BCUT2D eigenvalue weighted by atomic mass is 10.0. The average molecular weight is 317 g/mol. The molecule has 0 unspecified atom stereocenters. The molecule has 0 aromatic heterocycles. The third kappa shape index (κ3) is 18.7. The van der Waals surface area contributed by atoms with E-state index < -0.39 is 0 Å².